The summed E-state index contributed by atoms with van der Waals surface area (Å²) in [4.78, 5) is 18.7. The molecule has 2 amide bonds. The number of nitrogens with one attached hydrogen (secondary N) is 1. The second kappa shape index (κ2) is 7.65. The minimum Gasteiger partial charge on any atom is -0.338 e. The van der Waals surface area contributed by atoms with Crippen LogP contribution in [-0.2, 0) is 6.54 Å². The first-order valence-electron chi connectivity index (χ1n) is 8.83. The van der Waals surface area contributed by atoms with Gasteiger partial charge in [0.05, 0.1) is 6.33 Å². The zero-order valence-corrected chi connectivity index (χ0v) is 13.4. The number of urea groups is 1. The lowest BCUT2D eigenvalue weighted by Gasteiger charge is -2.34. The number of carbonyl (C=O) groups excluding carboxylic acids is 1. The number of amides is 2. The first-order valence-corrected chi connectivity index (χ1v) is 8.83. The molecule has 22 heavy (non-hydrogen) atoms. The zero-order chi connectivity index (χ0) is 15.2. The number of carbonyl (C=O) groups is 1. The first-order chi connectivity index (χ1) is 10.8. The van der Waals surface area contributed by atoms with Crippen LogP contribution in [0.15, 0.2) is 18.7 Å². The fourth-order valence-corrected chi connectivity index (χ4v) is 3.35. The van der Waals surface area contributed by atoms with Crippen molar-refractivity contribution in [3.05, 3.63) is 18.7 Å². The second-order valence-electron chi connectivity index (χ2n) is 6.77. The smallest absolute Gasteiger partial charge is 0.317 e. The van der Waals surface area contributed by atoms with Crippen molar-refractivity contribution in [1.29, 1.82) is 0 Å². The Bertz CT molecular complexity index is 449. The number of imidazole rings is 1. The van der Waals surface area contributed by atoms with Crippen LogP contribution in [0, 0.1) is 5.92 Å². The minimum atomic E-state index is 0.157. The third-order valence-electron chi connectivity index (χ3n) is 4.86. The van der Waals surface area contributed by atoms with Crippen LogP contribution in [0.25, 0.3) is 0 Å². The van der Waals surface area contributed by atoms with Crippen molar-refractivity contribution in [2.24, 2.45) is 5.92 Å². The summed E-state index contributed by atoms with van der Waals surface area (Å²) in [5.74, 6) is 0.763. The van der Waals surface area contributed by atoms with E-state index in [1.807, 2.05) is 12.5 Å². The Morgan fingerprint density at radius 1 is 1.23 bits per heavy atom. The Morgan fingerprint density at radius 3 is 2.73 bits per heavy atom. The van der Waals surface area contributed by atoms with E-state index in [0.717, 1.165) is 32.0 Å². The van der Waals surface area contributed by atoms with Crippen LogP contribution in [0.2, 0.25) is 0 Å². The fraction of sp³-hybridized carbons (Fsp3) is 0.765. The van der Waals surface area contributed by atoms with Crippen LogP contribution in [0.5, 0.6) is 0 Å². The Kier molecular flexibility index (Phi) is 5.35. The molecule has 0 atom stereocenters. The molecule has 2 aliphatic carbocycles. The minimum absolute atomic E-state index is 0.157. The van der Waals surface area contributed by atoms with Gasteiger partial charge in [0.1, 0.15) is 0 Å². The Hall–Kier alpha value is -1.52. The number of hydrogen-bond acceptors (Lipinski definition) is 2. The molecule has 1 N–H and O–H groups in total. The molecule has 3 rings (SSSR count). The molecule has 0 aromatic carbocycles. The second-order valence-corrected chi connectivity index (χ2v) is 6.77. The Labute approximate surface area is 133 Å². The highest BCUT2D eigenvalue weighted by atomic mass is 16.2. The highest BCUT2D eigenvalue weighted by Crippen LogP contribution is 2.32. The lowest BCUT2D eigenvalue weighted by molar-refractivity contribution is 0.151. The number of aryl methyl sites for hydroxylation is 1. The summed E-state index contributed by atoms with van der Waals surface area (Å²) < 4.78 is 2.05. The molecule has 1 aromatic rings. The molecular formula is C17H28N4O. The van der Waals surface area contributed by atoms with Crippen molar-refractivity contribution in [2.75, 3.05) is 13.1 Å². The standard InChI is InChI=1S/C17H28N4O/c22-17(19-9-4-11-20-12-10-18-14-20)21(13-15-7-8-15)16-5-2-1-3-6-16/h10,12,14-16H,1-9,11,13H2,(H,19,22). The number of nitrogens with zero attached hydrogens (tertiary/aromatic N) is 3. The van der Waals surface area contributed by atoms with E-state index in [0.29, 0.717) is 6.04 Å². The molecule has 0 saturated heterocycles. The summed E-state index contributed by atoms with van der Waals surface area (Å²) in [5.41, 5.74) is 0. The molecule has 5 nitrogen and oxygen atoms in total. The number of rotatable bonds is 7. The fourth-order valence-electron chi connectivity index (χ4n) is 3.35. The van der Waals surface area contributed by atoms with Gasteiger partial charge in [-0.3, -0.25) is 0 Å². The predicted octanol–water partition coefficient (Wildman–Crippen LogP) is 3.03. The van der Waals surface area contributed by atoms with E-state index in [2.05, 4.69) is 19.8 Å². The van der Waals surface area contributed by atoms with Crippen LogP contribution < -0.4 is 5.32 Å². The van der Waals surface area contributed by atoms with Gasteiger partial charge >= 0.3 is 6.03 Å². The van der Waals surface area contributed by atoms with Crippen LogP contribution in [0.1, 0.15) is 51.4 Å². The third-order valence-corrected chi connectivity index (χ3v) is 4.86. The number of hydrogen-bond donors (Lipinski definition) is 1. The molecule has 2 fully saturated rings. The van der Waals surface area contributed by atoms with E-state index < -0.39 is 0 Å². The molecule has 0 bridgehead atoms. The highest BCUT2D eigenvalue weighted by Gasteiger charge is 2.31. The molecule has 1 aromatic heterocycles. The van der Waals surface area contributed by atoms with Gasteiger partial charge in [-0.2, -0.15) is 0 Å². The van der Waals surface area contributed by atoms with Crippen LogP contribution >= 0.6 is 0 Å². The molecule has 0 aliphatic heterocycles. The zero-order valence-electron chi connectivity index (χ0n) is 13.4. The predicted molar refractivity (Wildman–Crippen MR) is 86.5 cm³/mol. The van der Waals surface area contributed by atoms with Crippen molar-refractivity contribution in [3.63, 3.8) is 0 Å². The van der Waals surface area contributed by atoms with Gasteiger partial charge in [0.2, 0.25) is 0 Å². The van der Waals surface area contributed by atoms with E-state index in [1.54, 1.807) is 6.20 Å². The lowest BCUT2D eigenvalue weighted by atomic mass is 9.94. The lowest BCUT2D eigenvalue weighted by Crippen LogP contribution is -2.48. The summed E-state index contributed by atoms with van der Waals surface area (Å²) in [6, 6.07) is 0.632. The van der Waals surface area contributed by atoms with E-state index in [4.69, 9.17) is 0 Å². The van der Waals surface area contributed by atoms with Gasteiger partial charge in [0.25, 0.3) is 0 Å². The van der Waals surface area contributed by atoms with Crippen LogP contribution in [0.4, 0.5) is 4.79 Å². The largest absolute Gasteiger partial charge is 0.338 e. The summed E-state index contributed by atoms with van der Waals surface area (Å²) in [7, 11) is 0. The van der Waals surface area contributed by atoms with Crippen molar-refractivity contribution in [1.82, 2.24) is 19.8 Å². The molecule has 2 saturated carbocycles. The van der Waals surface area contributed by atoms with Crippen molar-refractivity contribution in [3.8, 4) is 0 Å². The highest BCUT2D eigenvalue weighted by molar-refractivity contribution is 5.74. The van der Waals surface area contributed by atoms with Crippen molar-refractivity contribution >= 4 is 6.03 Å². The van der Waals surface area contributed by atoms with Gasteiger partial charge in [0.15, 0.2) is 0 Å². The summed E-state index contributed by atoms with van der Waals surface area (Å²) >= 11 is 0. The van der Waals surface area contributed by atoms with Gasteiger partial charge in [-0.05, 0) is 38.0 Å². The molecule has 122 valence electrons. The van der Waals surface area contributed by atoms with Gasteiger partial charge in [-0.15, -0.1) is 0 Å². The summed E-state index contributed by atoms with van der Waals surface area (Å²) in [6.07, 6.45) is 15.4. The van der Waals surface area contributed by atoms with Gasteiger partial charge < -0.3 is 14.8 Å². The average molecular weight is 304 g/mol. The van der Waals surface area contributed by atoms with Crippen molar-refractivity contribution < 1.29 is 4.79 Å². The topological polar surface area (TPSA) is 50.2 Å². The van der Waals surface area contributed by atoms with E-state index >= 15 is 0 Å². The van der Waals surface area contributed by atoms with Crippen LogP contribution in [-0.4, -0.2) is 39.6 Å². The molecule has 5 heteroatoms. The molecule has 0 radical (unpaired) electrons. The average Bonchev–Trinajstić information content (AvgIpc) is 3.23. The van der Waals surface area contributed by atoms with Gasteiger partial charge in [-0.1, -0.05) is 19.3 Å². The SMILES string of the molecule is O=C(NCCCn1ccnc1)N(CC1CC1)C1CCCCC1. The van der Waals surface area contributed by atoms with E-state index in [1.165, 1.54) is 44.9 Å². The molecular weight excluding hydrogens is 276 g/mol. The molecule has 0 spiro atoms. The maximum Gasteiger partial charge on any atom is 0.317 e. The Balaban J connectivity index is 1.43. The number of aromatic nitrogens is 2. The maximum absolute atomic E-state index is 12.6. The van der Waals surface area contributed by atoms with Gasteiger partial charge in [0, 0.05) is 38.1 Å². The quantitative estimate of drug-likeness (QED) is 0.787. The normalized spacial score (nSPS) is 19.1. The summed E-state index contributed by atoms with van der Waals surface area (Å²) in [6.45, 7) is 2.62. The molecule has 1 heterocycles. The van der Waals surface area contributed by atoms with E-state index in [-0.39, 0.29) is 6.03 Å². The third kappa shape index (κ3) is 4.49. The van der Waals surface area contributed by atoms with Gasteiger partial charge in [-0.25, -0.2) is 9.78 Å². The molecule has 2 aliphatic rings. The first kappa shape index (κ1) is 15.4. The Morgan fingerprint density at radius 2 is 2.05 bits per heavy atom. The van der Waals surface area contributed by atoms with E-state index in [9.17, 15) is 4.79 Å². The maximum atomic E-state index is 12.6. The molecule has 0 unspecified atom stereocenters. The van der Waals surface area contributed by atoms with Crippen LogP contribution in [0.3, 0.4) is 0 Å². The monoisotopic (exact) mass is 304 g/mol. The van der Waals surface area contributed by atoms with Crippen molar-refractivity contribution in [2.45, 2.75) is 64.0 Å². The summed E-state index contributed by atoms with van der Waals surface area (Å²) in [5, 5.41) is 3.13.